The Hall–Kier alpha value is -3.19. The van der Waals surface area contributed by atoms with Crippen LogP contribution in [0.25, 0.3) is 6.08 Å². The first-order valence-corrected chi connectivity index (χ1v) is 8.49. The molecule has 0 saturated carbocycles. The molecule has 0 unspecified atom stereocenters. The number of allylic oxidation sites excluding steroid dienone is 1. The number of amides is 1. The topological polar surface area (TPSA) is 65.1 Å². The number of carbonyl (C=O) groups excluding carboxylic acids is 2. The van der Waals surface area contributed by atoms with Gasteiger partial charge in [0.25, 0.3) is 0 Å². The summed E-state index contributed by atoms with van der Waals surface area (Å²) in [5.41, 5.74) is 0.594. The molecule has 1 amide bonds. The van der Waals surface area contributed by atoms with Gasteiger partial charge in [0, 0.05) is 24.7 Å². The van der Waals surface area contributed by atoms with Gasteiger partial charge in [-0.1, -0.05) is 18.2 Å². The highest BCUT2D eigenvalue weighted by molar-refractivity contribution is 6.14. The van der Waals surface area contributed by atoms with E-state index in [0.29, 0.717) is 31.9 Å². The quantitative estimate of drug-likeness (QED) is 0.760. The van der Waals surface area contributed by atoms with Crippen molar-refractivity contribution in [1.29, 1.82) is 0 Å². The molecule has 2 heterocycles. The maximum absolute atomic E-state index is 13.8. The third-order valence-electron chi connectivity index (χ3n) is 4.31. The van der Waals surface area contributed by atoms with Crippen LogP contribution in [0, 0.1) is 5.82 Å². The van der Waals surface area contributed by atoms with Crippen LogP contribution in [0.3, 0.4) is 0 Å². The number of rotatable bonds is 2. The summed E-state index contributed by atoms with van der Waals surface area (Å²) in [6.07, 6.45) is 0.876. The van der Waals surface area contributed by atoms with Gasteiger partial charge in [-0.15, -0.1) is 0 Å². The van der Waals surface area contributed by atoms with Crippen molar-refractivity contribution < 1.29 is 28.2 Å². The van der Waals surface area contributed by atoms with Gasteiger partial charge in [-0.3, -0.25) is 4.79 Å². The fourth-order valence-electron chi connectivity index (χ4n) is 2.88. The molecule has 0 aliphatic carbocycles. The summed E-state index contributed by atoms with van der Waals surface area (Å²) in [5.74, 6) is -0.233. The van der Waals surface area contributed by atoms with Crippen LogP contribution in [-0.2, 0) is 4.74 Å². The Labute approximate surface area is 154 Å². The van der Waals surface area contributed by atoms with Crippen LogP contribution in [0.4, 0.5) is 9.18 Å². The number of ether oxygens (including phenoxy) is 3. The minimum absolute atomic E-state index is 0.0201. The van der Waals surface area contributed by atoms with Crippen molar-refractivity contribution in [3.8, 4) is 11.5 Å². The third kappa shape index (κ3) is 3.54. The normalized spacial score (nSPS) is 17.6. The predicted molar refractivity (Wildman–Crippen MR) is 94.2 cm³/mol. The first-order chi connectivity index (χ1) is 13.1. The lowest BCUT2D eigenvalue weighted by Crippen LogP contribution is -2.42. The summed E-state index contributed by atoms with van der Waals surface area (Å²) >= 11 is 0. The van der Waals surface area contributed by atoms with E-state index in [2.05, 4.69) is 0 Å². The smallest absolute Gasteiger partial charge is 0.415 e. The second-order valence-electron chi connectivity index (χ2n) is 6.09. The first kappa shape index (κ1) is 17.2. The highest BCUT2D eigenvalue weighted by Crippen LogP contribution is 2.35. The third-order valence-corrected chi connectivity index (χ3v) is 4.31. The number of carbonyl (C=O) groups is 2. The van der Waals surface area contributed by atoms with Gasteiger partial charge in [0.05, 0.1) is 18.8 Å². The van der Waals surface area contributed by atoms with Gasteiger partial charge in [0.15, 0.2) is 5.76 Å². The van der Waals surface area contributed by atoms with Gasteiger partial charge < -0.3 is 19.1 Å². The number of Topliss-reactive ketones (excluding diaryl/α,β-unsaturated/α-hetero) is 1. The maximum Gasteiger partial charge on any atom is 0.415 e. The number of hydrogen-bond donors (Lipinski definition) is 0. The molecule has 1 fully saturated rings. The van der Waals surface area contributed by atoms with Crippen LogP contribution in [0.1, 0.15) is 15.9 Å². The van der Waals surface area contributed by atoms with Crippen molar-refractivity contribution in [1.82, 2.24) is 4.90 Å². The van der Waals surface area contributed by atoms with Crippen LogP contribution in [0.5, 0.6) is 11.5 Å². The number of morpholine rings is 1. The molecule has 1 saturated heterocycles. The molecule has 0 spiro atoms. The molecular formula is C20H16FNO5. The van der Waals surface area contributed by atoms with Gasteiger partial charge in [0.2, 0.25) is 5.78 Å². The zero-order chi connectivity index (χ0) is 18.8. The van der Waals surface area contributed by atoms with Gasteiger partial charge in [-0.25, -0.2) is 9.18 Å². The number of ketones is 1. The molecule has 0 aromatic heterocycles. The predicted octanol–water partition coefficient (Wildman–Crippen LogP) is 3.27. The zero-order valence-corrected chi connectivity index (χ0v) is 14.3. The van der Waals surface area contributed by atoms with Gasteiger partial charge in [-0.05, 0) is 24.3 Å². The Bertz CT molecular complexity index is 934. The van der Waals surface area contributed by atoms with Crippen LogP contribution in [0.2, 0.25) is 0 Å². The lowest BCUT2D eigenvalue weighted by atomic mass is 10.1. The van der Waals surface area contributed by atoms with E-state index in [-0.39, 0.29) is 28.6 Å². The number of benzene rings is 2. The summed E-state index contributed by atoms with van der Waals surface area (Å²) in [6, 6.07) is 10.6. The van der Waals surface area contributed by atoms with Gasteiger partial charge in [-0.2, -0.15) is 0 Å². The molecule has 2 aliphatic rings. The molecule has 2 aliphatic heterocycles. The summed E-state index contributed by atoms with van der Waals surface area (Å²) in [7, 11) is 0. The SMILES string of the molecule is O=C1/C(=C/c2ccccc2F)Oc2cc(OC(=O)N3CCOCC3)ccc21. The molecule has 0 radical (unpaired) electrons. The van der Waals surface area contributed by atoms with Gasteiger partial charge in [0.1, 0.15) is 17.3 Å². The van der Waals surface area contributed by atoms with E-state index in [1.165, 1.54) is 30.3 Å². The fraction of sp³-hybridized carbons (Fsp3) is 0.200. The Morgan fingerprint density at radius 3 is 2.70 bits per heavy atom. The largest absolute Gasteiger partial charge is 0.452 e. The monoisotopic (exact) mass is 369 g/mol. The van der Waals surface area contributed by atoms with Crippen LogP contribution >= 0.6 is 0 Å². The molecule has 2 aromatic carbocycles. The van der Waals surface area contributed by atoms with Crippen molar-refractivity contribution in [2.45, 2.75) is 0 Å². The van der Waals surface area contributed by atoms with E-state index in [0.717, 1.165) is 0 Å². The van der Waals surface area contributed by atoms with Crippen molar-refractivity contribution in [2.75, 3.05) is 26.3 Å². The zero-order valence-electron chi connectivity index (χ0n) is 14.3. The van der Waals surface area contributed by atoms with E-state index >= 15 is 0 Å². The Morgan fingerprint density at radius 1 is 1.15 bits per heavy atom. The highest BCUT2D eigenvalue weighted by Gasteiger charge is 2.28. The minimum atomic E-state index is -0.482. The van der Waals surface area contributed by atoms with Gasteiger partial charge >= 0.3 is 6.09 Å². The fourth-order valence-corrected chi connectivity index (χ4v) is 2.88. The maximum atomic E-state index is 13.8. The summed E-state index contributed by atoms with van der Waals surface area (Å²) < 4.78 is 29.9. The van der Waals surface area contributed by atoms with Crippen molar-refractivity contribution >= 4 is 18.0 Å². The number of fused-ring (bicyclic) bond motifs is 1. The molecule has 2 aromatic rings. The Kier molecular flexibility index (Phi) is 4.60. The summed E-state index contributed by atoms with van der Waals surface area (Å²) in [5, 5.41) is 0. The molecule has 138 valence electrons. The van der Waals surface area contributed by atoms with Crippen LogP contribution < -0.4 is 9.47 Å². The molecule has 0 atom stereocenters. The number of hydrogen-bond acceptors (Lipinski definition) is 5. The average molecular weight is 369 g/mol. The van der Waals surface area contributed by atoms with Crippen LogP contribution in [0.15, 0.2) is 48.2 Å². The summed E-state index contributed by atoms with van der Waals surface area (Å²) in [6.45, 7) is 1.88. The molecule has 27 heavy (non-hydrogen) atoms. The molecule has 0 bridgehead atoms. The molecule has 0 N–H and O–H groups in total. The van der Waals surface area contributed by atoms with E-state index in [4.69, 9.17) is 14.2 Å². The highest BCUT2D eigenvalue weighted by atomic mass is 19.1. The standard InChI is InChI=1S/C20H16FNO5/c21-16-4-2-1-3-13(16)11-18-19(23)15-6-5-14(12-17(15)27-18)26-20(24)22-7-9-25-10-8-22/h1-6,11-12H,7-10H2/b18-11-. The molecule has 6 nitrogen and oxygen atoms in total. The number of nitrogens with zero attached hydrogens (tertiary/aromatic N) is 1. The molecular weight excluding hydrogens is 353 g/mol. The second-order valence-corrected chi connectivity index (χ2v) is 6.09. The summed E-state index contributed by atoms with van der Waals surface area (Å²) in [4.78, 5) is 26.2. The van der Waals surface area contributed by atoms with E-state index in [1.807, 2.05) is 0 Å². The second kappa shape index (κ2) is 7.20. The molecule has 7 heteroatoms. The van der Waals surface area contributed by atoms with E-state index in [9.17, 15) is 14.0 Å². The lowest BCUT2D eigenvalue weighted by Gasteiger charge is -2.25. The molecule has 4 rings (SSSR count). The first-order valence-electron chi connectivity index (χ1n) is 8.49. The number of halogens is 1. The lowest BCUT2D eigenvalue weighted by molar-refractivity contribution is 0.0416. The Balaban J connectivity index is 1.52. The van der Waals surface area contributed by atoms with Crippen molar-refractivity contribution in [2.24, 2.45) is 0 Å². The van der Waals surface area contributed by atoms with Crippen molar-refractivity contribution in [3.63, 3.8) is 0 Å². The van der Waals surface area contributed by atoms with Crippen molar-refractivity contribution in [3.05, 3.63) is 65.2 Å². The van der Waals surface area contributed by atoms with Crippen LogP contribution in [-0.4, -0.2) is 43.1 Å². The Morgan fingerprint density at radius 2 is 1.93 bits per heavy atom. The average Bonchev–Trinajstić information content (AvgIpc) is 2.99. The van der Waals surface area contributed by atoms with E-state index < -0.39 is 11.9 Å². The van der Waals surface area contributed by atoms with E-state index in [1.54, 1.807) is 23.1 Å². The minimum Gasteiger partial charge on any atom is -0.452 e.